The monoisotopic (exact) mass is 480 g/mol. The average Bonchev–Trinajstić information content (AvgIpc) is 3.27. The van der Waals surface area contributed by atoms with Crippen molar-refractivity contribution in [2.45, 2.75) is 12.8 Å². The van der Waals surface area contributed by atoms with Gasteiger partial charge in [-0.05, 0) is 72.8 Å². The van der Waals surface area contributed by atoms with E-state index in [1.807, 2.05) is 0 Å². The van der Waals surface area contributed by atoms with Crippen LogP contribution in [0, 0.1) is 0 Å². The average molecular weight is 480 g/mol. The third kappa shape index (κ3) is 4.27. The number of benzene rings is 3. The third-order valence-corrected chi connectivity index (χ3v) is 5.72. The highest BCUT2D eigenvalue weighted by Gasteiger charge is 2.34. The molecule has 2 aliphatic rings. The maximum Gasteiger partial charge on any atom is 0.260 e. The van der Waals surface area contributed by atoms with E-state index in [0.29, 0.717) is 34.4 Å². The number of nitrogens with zero attached hydrogens (tertiary/aromatic N) is 2. The molecule has 3 aromatic rings. The highest BCUT2D eigenvalue weighted by molar-refractivity contribution is 6.28. The van der Waals surface area contributed by atoms with Gasteiger partial charge >= 0.3 is 0 Å². The number of ether oxygens (including phenoxy) is 2. The van der Waals surface area contributed by atoms with Crippen molar-refractivity contribution in [3.8, 4) is 23.0 Å². The summed E-state index contributed by atoms with van der Waals surface area (Å²) in [6, 6.07) is 20.2. The Morgan fingerprint density at radius 1 is 0.500 bits per heavy atom. The first-order valence-electron chi connectivity index (χ1n) is 11.1. The fraction of sp³-hybridized carbons (Fsp3) is 0.0714. The van der Waals surface area contributed by atoms with E-state index in [-0.39, 0.29) is 47.6 Å². The van der Waals surface area contributed by atoms with Crippen LogP contribution in [-0.4, -0.2) is 23.6 Å². The van der Waals surface area contributed by atoms with Crippen LogP contribution in [0.1, 0.15) is 12.8 Å². The molecule has 0 bridgehead atoms. The molecule has 3 aromatic carbocycles. The van der Waals surface area contributed by atoms with Gasteiger partial charge in [0.15, 0.2) is 0 Å². The minimum atomic E-state index is -0.386. The van der Waals surface area contributed by atoms with Gasteiger partial charge in [0.05, 0.1) is 24.2 Å². The van der Waals surface area contributed by atoms with Crippen molar-refractivity contribution in [1.29, 1.82) is 0 Å². The molecule has 0 N–H and O–H groups in total. The number of rotatable bonds is 6. The second kappa shape index (κ2) is 8.99. The van der Waals surface area contributed by atoms with E-state index in [1.165, 1.54) is 0 Å². The van der Waals surface area contributed by atoms with Crippen LogP contribution in [0.5, 0.6) is 23.0 Å². The van der Waals surface area contributed by atoms with E-state index in [0.717, 1.165) is 9.80 Å². The van der Waals surface area contributed by atoms with Gasteiger partial charge in [0.2, 0.25) is 11.8 Å². The number of amides is 4. The molecule has 0 radical (unpaired) electrons. The van der Waals surface area contributed by atoms with E-state index >= 15 is 0 Å². The first-order chi connectivity index (χ1) is 17.3. The van der Waals surface area contributed by atoms with Gasteiger partial charge < -0.3 is 9.47 Å². The van der Waals surface area contributed by atoms with Crippen LogP contribution in [-0.2, 0) is 19.2 Å². The standard InChI is InChI=1S/C28H20N2O6/c1-17-15-25(31)29(27(17)33)19-3-7-21(8-4-19)35-23-11-13-24(14-12-23)36-22-9-5-20(6-10-22)30-26(32)16-18(2)28(30)34/h3-14H,1-2,15-16H2. The fourth-order valence-corrected chi connectivity index (χ4v) is 3.91. The topological polar surface area (TPSA) is 93.2 Å². The summed E-state index contributed by atoms with van der Waals surface area (Å²) in [6.07, 6.45) is 0.0627. The van der Waals surface area contributed by atoms with E-state index in [1.54, 1.807) is 72.8 Å². The van der Waals surface area contributed by atoms with Gasteiger partial charge in [0.25, 0.3) is 11.8 Å². The Labute approximate surface area is 206 Å². The van der Waals surface area contributed by atoms with Crippen LogP contribution in [0.2, 0.25) is 0 Å². The third-order valence-electron chi connectivity index (χ3n) is 5.72. The number of carbonyl (C=O) groups excluding carboxylic acids is 4. The van der Waals surface area contributed by atoms with Crippen molar-refractivity contribution in [3.05, 3.63) is 97.1 Å². The Morgan fingerprint density at radius 2 is 0.778 bits per heavy atom. The van der Waals surface area contributed by atoms with Gasteiger partial charge in [-0.15, -0.1) is 0 Å². The number of imide groups is 2. The predicted molar refractivity (Wildman–Crippen MR) is 132 cm³/mol. The molecule has 0 spiro atoms. The molecule has 2 aliphatic heterocycles. The molecule has 0 aromatic heterocycles. The maximum atomic E-state index is 12.1. The molecule has 2 saturated heterocycles. The predicted octanol–water partition coefficient (Wildman–Crippen LogP) is 4.91. The lowest BCUT2D eigenvalue weighted by Crippen LogP contribution is -2.28. The molecule has 8 heteroatoms. The second-order valence-corrected chi connectivity index (χ2v) is 8.29. The lowest BCUT2D eigenvalue weighted by Gasteiger charge is -2.15. The highest BCUT2D eigenvalue weighted by Crippen LogP contribution is 2.31. The summed E-state index contributed by atoms with van der Waals surface area (Å²) in [5, 5.41) is 0. The Kier molecular flexibility index (Phi) is 5.69. The molecule has 0 saturated carbocycles. The number of hydrogen-bond donors (Lipinski definition) is 0. The Balaban J connectivity index is 1.21. The molecule has 0 atom stereocenters. The van der Waals surface area contributed by atoms with Crippen molar-refractivity contribution in [1.82, 2.24) is 0 Å². The quantitative estimate of drug-likeness (QED) is 0.368. The molecule has 36 heavy (non-hydrogen) atoms. The van der Waals surface area contributed by atoms with Gasteiger partial charge in [-0.25, -0.2) is 9.80 Å². The fourth-order valence-electron chi connectivity index (χ4n) is 3.91. The minimum absolute atomic E-state index is 0.0313. The van der Waals surface area contributed by atoms with Crippen LogP contribution >= 0.6 is 0 Å². The van der Waals surface area contributed by atoms with E-state index in [2.05, 4.69) is 13.2 Å². The molecule has 2 fully saturated rings. The molecule has 0 aliphatic carbocycles. The van der Waals surface area contributed by atoms with E-state index < -0.39 is 0 Å². The summed E-state index contributed by atoms with van der Waals surface area (Å²) < 4.78 is 11.7. The lowest BCUT2D eigenvalue weighted by atomic mass is 10.2. The molecule has 2 heterocycles. The lowest BCUT2D eigenvalue weighted by molar-refractivity contribution is -0.122. The van der Waals surface area contributed by atoms with Crippen molar-refractivity contribution < 1.29 is 28.7 Å². The molecule has 8 nitrogen and oxygen atoms in total. The summed E-state index contributed by atoms with van der Waals surface area (Å²) >= 11 is 0. The van der Waals surface area contributed by atoms with Crippen molar-refractivity contribution in [3.63, 3.8) is 0 Å². The van der Waals surface area contributed by atoms with Crippen LogP contribution < -0.4 is 19.3 Å². The molecule has 0 unspecified atom stereocenters. The molecular weight excluding hydrogens is 460 g/mol. The van der Waals surface area contributed by atoms with Gasteiger partial charge in [-0.2, -0.15) is 0 Å². The first kappa shape index (κ1) is 22.8. The minimum Gasteiger partial charge on any atom is -0.457 e. The highest BCUT2D eigenvalue weighted by atomic mass is 16.5. The second-order valence-electron chi connectivity index (χ2n) is 8.29. The largest absolute Gasteiger partial charge is 0.457 e. The van der Waals surface area contributed by atoms with E-state index in [4.69, 9.17) is 9.47 Å². The number of hydrogen-bond acceptors (Lipinski definition) is 6. The summed E-state index contributed by atoms with van der Waals surface area (Å²) in [5.41, 5.74) is 1.49. The van der Waals surface area contributed by atoms with Crippen LogP contribution in [0.25, 0.3) is 0 Å². The molecule has 178 valence electrons. The van der Waals surface area contributed by atoms with Crippen molar-refractivity contribution in [2.75, 3.05) is 9.80 Å². The summed E-state index contributed by atoms with van der Waals surface area (Å²) in [4.78, 5) is 50.5. The zero-order chi connectivity index (χ0) is 25.4. The van der Waals surface area contributed by atoms with E-state index in [9.17, 15) is 19.2 Å². The normalized spacial score (nSPS) is 15.8. The van der Waals surface area contributed by atoms with Crippen LogP contribution in [0.4, 0.5) is 11.4 Å². The number of carbonyl (C=O) groups is 4. The molecular formula is C28H20N2O6. The zero-order valence-electron chi connectivity index (χ0n) is 19.1. The van der Waals surface area contributed by atoms with Crippen molar-refractivity contribution >= 4 is 35.0 Å². The maximum absolute atomic E-state index is 12.1. The summed E-state index contributed by atoms with van der Waals surface area (Å²) in [5.74, 6) is 0.840. The summed E-state index contributed by atoms with van der Waals surface area (Å²) in [7, 11) is 0. The molecule has 4 amide bonds. The molecule has 5 rings (SSSR count). The van der Waals surface area contributed by atoms with Gasteiger partial charge in [-0.1, -0.05) is 13.2 Å². The van der Waals surface area contributed by atoms with Crippen LogP contribution in [0.3, 0.4) is 0 Å². The van der Waals surface area contributed by atoms with Gasteiger partial charge in [0.1, 0.15) is 23.0 Å². The Bertz CT molecular complexity index is 1310. The number of anilines is 2. The first-order valence-corrected chi connectivity index (χ1v) is 11.1. The van der Waals surface area contributed by atoms with Crippen LogP contribution in [0.15, 0.2) is 97.1 Å². The smallest absolute Gasteiger partial charge is 0.260 e. The van der Waals surface area contributed by atoms with Crippen molar-refractivity contribution in [2.24, 2.45) is 0 Å². The van der Waals surface area contributed by atoms with Gasteiger partial charge in [0, 0.05) is 11.1 Å². The SMILES string of the molecule is C=C1CC(=O)N(c2ccc(Oc3ccc(Oc4ccc(N5C(=O)CC(=C)C5=O)cc4)cc3)cc2)C1=O. The van der Waals surface area contributed by atoms with Gasteiger partial charge in [-0.3, -0.25) is 19.2 Å². The Morgan fingerprint density at radius 3 is 1.03 bits per heavy atom. The Hall–Kier alpha value is -4.98. The zero-order valence-corrected chi connectivity index (χ0v) is 19.1. The summed E-state index contributed by atoms with van der Waals surface area (Å²) in [6.45, 7) is 7.24.